The molecule has 2 N–H and O–H groups in total. The zero-order valence-corrected chi connectivity index (χ0v) is 9.54. The van der Waals surface area contributed by atoms with Crippen LogP contribution in [0, 0.1) is 0 Å². The summed E-state index contributed by atoms with van der Waals surface area (Å²) in [6.45, 7) is 2.92. The molecule has 4 heteroatoms. The first-order valence-corrected chi connectivity index (χ1v) is 5.46. The minimum Gasteiger partial charge on any atom is -0.490 e. The molecule has 3 nitrogen and oxygen atoms in total. The molecule has 90 valence electrons. The Hall–Kier alpha value is -1.29. The first-order chi connectivity index (χ1) is 7.81. The maximum Gasteiger partial charge on any atom is 0.161 e. The van der Waals surface area contributed by atoms with Gasteiger partial charge in [-0.15, -0.1) is 0 Å². The molecule has 0 fully saturated rings. The van der Waals surface area contributed by atoms with Crippen molar-refractivity contribution in [1.82, 2.24) is 0 Å². The van der Waals surface area contributed by atoms with Crippen molar-refractivity contribution < 1.29 is 13.9 Å². The summed E-state index contributed by atoms with van der Waals surface area (Å²) in [5.74, 6) is 1.32. The monoisotopic (exact) mass is 227 g/mol. The van der Waals surface area contributed by atoms with Crippen LogP contribution >= 0.6 is 0 Å². The van der Waals surface area contributed by atoms with E-state index in [0.29, 0.717) is 37.7 Å². The van der Waals surface area contributed by atoms with E-state index < -0.39 is 0 Å². The lowest BCUT2D eigenvalue weighted by molar-refractivity contribution is 0.262. The highest BCUT2D eigenvalue weighted by Gasteiger charge is 2.05. The van der Waals surface area contributed by atoms with Crippen LogP contribution in [0.15, 0.2) is 18.2 Å². The average Bonchev–Trinajstić information content (AvgIpc) is 2.31. The maximum atomic E-state index is 11.9. The van der Waals surface area contributed by atoms with Gasteiger partial charge in [0.25, 0.3) is 0 Å². The lowest BCUT2D eigenvalue weighted by Gasteiger charge is -2.12. The Kier molecular flexibility index (Phi) is 5.64. The van der Waals surface area contributed by atoms with Crippen LogP contribution in [-0.4, -0.2) is 19.9 Å². The van der Waals surface area contributed by atoms with E-state index in [1.165, 1.54) is 0 Å². The zero-order valence-electron chi connectivity index (χ0n) is 9.54. The Labute approximate surface area is 95.4 Å². The third-order valence-corrected chi connectivity index (χ3v) is 2.08. The van der Waals surface area contributed by atoms with E-state index >= 15 is 0 Å². The maximum absolute atomic E-state index is 11.9. The van der Waals surface area contributed by atoms with Gasteiger partial charge in [-0.1, -0.05) is 6.07 Å². The number of halogens is 1. The van der Waals surface area contributed by atoms with Gasteiger partial charge >= 0.3 is 0 Å². The number of benzene rings is 1. The molecular formula is C12H18FNO2. The van der Waals surface area contributed by atoms with Gasteiger partial charge in [-0.3, -0.25) is 4.39 Å². The fraction of sp³-hybridized carbons (Fsp3) is 0.500. The number of hydrogen-bond acceptors (Lipinski definition) is 3. The quantitative estimate of drug-likeness (QED) is 0.727. The van der Waals surface area contributed by atoms with Gasteiger partial charge in [0.2, 0.25) is 0 Å². The van der Waals surface area contributed by atoms with E-state index in [-0.39, 0.29) is 6.67 Å². The van der Waals surface area contributed by atoms with Crippen molar-refractivity contribution in [2.75, 3.05) is 19.9 Å². The first-order valence-electron chi connectivity index (χ1n) is 5.46. The van der Waals surface area contributed by atoms with Crippen molar-refractivity contribution >= 4 is 0 Å². The molecule has 0 aliphatic heterocycles. The largest absolute Gasteiger partial charge is 0.490 e. The predicted octanol–water partition coefficient (Wildman–Crippen LogP) is 2.28. The Morgan fingerprint density at radius 2 is 2.06 bits per heavy atom. The van der Waals surface area contributed by atoms with E-state index in [0.717, 1.165) is 5.56 Å². The molecule has 0 saturated carbocycles. The number of nitrogens with two attached hydrogens (primary N) is 1. The predicted molar refractivity (Wildman–Crippen MR) is 61.6 cm³/mol. The molecule has 16 heavy (non-hydrogen) atoms. The topological polar surface area (TPSA) is 44.5 Å². The summed E-state index contributed by atoms with van der Waals surface area (Å²) in [5, 5.41) is 0. The van der Waals surface area contributed by atoms with Gasteiger partial charge in [0, 0.05) is 13.0 Å². The second-order valence-corrected chi connectivity index (χ2v) is 3.31. The molecule has 0 aliphatic rings. The lowest BCUT2D eigenvalue weighted by Crippen LogP contribution is -2.03. The highest BCUT2D eigenvalue weighted by Crippen LogP contribution is 2.28. The Morgan fingerprint density at radius 1 is 1.25 bits per heavy atom. The van der Waals surface area contributed by atoms with E-state index in [9.17, 15) is 4.39 Å². The van der Waals surface area contributed by atoms with Gasteiger partial charge in [0.1, 0.15) is 0 Å². The molecule has 1 aromatic carbocycles. The van der Waals surface area contributed by atoms with Crippen LogP contribution in [0.5, 0.6) is 11.5 Å². The Balaban J connectivity index is 2.72. The van der Waals surface area contributed by atoms with E-state index in [1.807, 2.05) is 25.1 Å². The zero-order chi connectivity index (χ0) is 11.8. The third-order valence-electron chi connectivity index (χ3n) is 2.08. The fourth-order valence-electron chi connectivity index (χ4n) is 1.30. The molecule has 0 unspecified atom stereocenters. The highest BCUT2D eigenvalue weighted by atomic mass is 19.1. The number of ether oxygens (including phenoxy) is 2. The fourth-order valence-corrected chi connectivity index (χ4v) is 1.30. The van der Waals surface area contributed by atoms with Gasteiger partial charge in [-0.25, -0.2) is 0 Å². The Morgan fingerprint density at radius 3 is 2.69 bits per heavy atom. The number of alkyl halides is 1. The van der Waals surface area contributed by atoms with Crippen LogP contribution in [0.4, 0.5) is 4.39 Å². The molecule has 0 saturated heterocycles. The van der Waals surface area contributed by atoms with E-state index in [2.05, 4.69) is 0 Å². The lowest BCUT2D eigenvalue weighted by atomic mass is 10.2. The molecule has 1 aromatic rings. The molecule has 0 spiro atoms. The average molecular weight is 227 g/mol. The minimum absolute atomic E-state index is 0.360. The minimum atomic E-state index is -0.370. The normalized spacial score (nSPS) is 10.2. The van der Waals surface area contributed by atoms with Crippen LogP contribution in [-0.2, 0) is 6.54 Å². The molecular weight excluding hydrogens is 209 g/mol. The molecule has 0 radical (unpaired) electrons. The summed E-state index contributed by atoms with van der Waals surface area (Å²) in [4.78, 5) is 0. The van der Waals surface area contributed by atoms with Crippen molar-refractivity contribution in [3.63, 3.8) is 0 Å². The summed E-state index contributed by atoms with van der Waals surface area (Å²) in [6, 6.07) is 5.55. The van der Waals surface area contributed by atoms with Crippen molar-refractivity contribution in [2.24, 2.45) is 5.73 Å². The summed E-state index contributed by atoms with van der Waals surface area (Å²) >= 11 is 0. The summed E-state index contributed by atoms with van der Waals surface area (Å²) in [5.41, 5.74) is 6.53. The van der Waals surface area contributed by atoms with Gasteiger partial charge in [-0.2, -0.15) is 0 Å². The van der Waals surface area contributed by atoms with Gasteiger partial charge in [0.15, 0.2) is 11.5 Å². The molecule has 1 rings (SSSR count). The second-order valence-electron chi connectivity index (χ2n) is 3.31. The van der Waals surface area contributed by atoms with E-state index in [4.69, 9.17) is 15.2 Å². The van der Waals surface area contributed by atoms with E-state index in [1.54, 1.807) is 0 Å². The molecule has 0 aromatic heterocycles. The molecule has 0 heterocycles. The van der Waals surface area contributed by atoms with Gasteiger partial charge in [0.05, 0.1) is 19.9 Å². The SMILES string of the molecule is CCOc1cc(CN)ccc1OCCCF. The molecule has 0 atom stereocenters. The first kappa shape index (κ1) is 12.8. The van der Waals surface area contributed by atoms with Crippen molar-refractivity contribution in [1.29, 1.82) is 0 Å². The molecule has 0 bridgehead atoms. The van der Waals surface area contributed by atoms with Crippen molar-refractivity contribution in [2.45, 2.75) is 19.9 Å². The van der Waals surface area contributed by atoms with Gasteiger partial charge in [-0.05, 0) is 24.6 Å². The summed E-state index contributed by atoms with van der Waals surface area (Å²) < 4.78 is 22.8. The standard InChI is InChI=1S/C12H18FNO2/c1-2-15-12-8-10(9-14)4-5-11(12)16-7-3-6-13/h4-5,8H,2-3,6-7,9,14H2,1H3. The summed E-state index contributed by atoms with van der Waals surface area (Å²) in [6.07, 6.45) is 0.393. The molecule has 0 aliphatic carbocycles. The summed E-state index contributed by atoms with van der Waals surface area (Å²) in [7, 11) is 0. The van der Waals surface area contributed by atoms with Crippen molar-refractivity contribution in [3.05, 3.63) is 23.8 Å². The van der Waals surface area contributed by atoms with Crippen LogP contribution < -0.4 is 15.2 Å². The third kappa shape index (κ3) is 3.70. The van der Waals surface area contributed by atoms with Crippen molar-refractivity contribution in [3.8, 4) is 11.5 Å². The van der Waals surface area contributed by atoms with Crippen LogP contribution in [0.3, 0.4) is 0 Å². The number of hydrogen-bond donors (Lipinski definition) is 1. The highest BCUT2D eigenvalue weighted by molar-refractivity contribution is 5.42. The van der Waals surface area contributed by atoms with Crippen LogP contribution in [0.2, 0.25) is 0 Å². The van der Waals surface area contributed by atoms with Crippen LogP contribution in [0.25, 0.3) is 0 Å². The number of rotatable bonds is 7. The second kappa shape index (κ2) is 7.06. The smallest absolute Gasteiger partial charge is 0.161 e. The molecule has 0 amide bonds. The Bertz CT molecular complexity index is 318. The van der Waals surface area contributed by atoms with Gasteiger partial charge < -0.3 is 15.2 Å². The van der Waals surface area contributed by atoms with Crippen LogP contribution in [0.1, 0.15) is 18.9 Å².